The van der Waals surface area contributed by atoms with Crippen molar-refractivity contribution in [1.82, 2.24) is 10.2 Å². The molecule has 0 atom stereocenters. The second-order valence-electron chi connectivity index (χ2n) is 5.88. The zero-order valence-corrected chi connectivity index (χ0v) is 16.1. The van der Waals surface area contributed by atoms with E-state index in [2.05, 4.69) is 15.5 Å². The maximum atomic E-state index is 12.3. The Morgan fingerprint density at radius 3 is 2.93 bits per heavy atom. The lowest BCUT2D eigenvalue weighted by Gasteiger charge is -1.99. The first kappa shape index (κ1) is 19.9. The number of nitrogens with one attached hydrogen (secondary N) is 1. The molecule has 2 heterocycles. The Morgan fingerprint density at radius 2 is 2.21 bits per heavy atom. The van der Waals surface area contributed by atoms with Crippen LogP contribution < -0.4 is 5.32 Å². The number of carbonyl (C=O) groups excluding carboxylic acids is 1. The fourth-order valence-electron chi connectivity index (χ4n) is 2.43. The number of nitro groups is 1. The molecule has 1 N–H and O–H groups in total. The third-order valence-corrected chi connectivity index (χ3v) is 4.67. The molecule has 0 aliphatic heterocycles. The van der Waals surface area contributed by atoms with Gasteiger partial charge in [0.15, 0.2) is 0 Å². The van der Waals surface area contributed by atoms with E-state index in [4.69, 9.17) is 4.42 Å². The monoisotopic (exact) mass is 409 g/mol. The molecule has 0 aliphatic rings. The minimum atomic E-state index is -0.625. The summed E-state index contributed by atoms with van der Waals surface area (Å²) in [5.74, 6) is 0.0214. The molecule has 3 rings (SSSR count). The molecule has 0 saturated heterocycles. The fourth-order valence-corrected chi connectivity index (χ4v) is 3.27. The molecule has 9 nitrogen and oxygen atoms in total. The van der Waals surface area contributed by atoms with E-state index < -0.39 is 10.8 Å². The van der Waals surface area contributed by atoms with Crippen LogP contribution in [0, 0.1) is 21.4 Å². The minimum absolute atomic E-state index is 0.0624. The maximum Gasteiger partial charge on any atom is 0.270 e. The first-order valence-corrected chi connectivity index (χ1v) is 9.42. The summed E-state index contributed by atoms with van der Waals surface area (Å²) < 4.78 is 5.62. The van der Waals surface area contributed by atoms with Crippen molar-refractivity contribution in [3.05, 3.63) is 62.9 Å². The lowest BCUT2D eigenvalue weighted by molar-refractivity contribution is -0.384. The average Bonchev–Trinajstić information content (AvgIpc) is 3.36. The van der Waals surface area contributed by atoms with Crippen LogP contribution in [0.25, 0.3) is 17.4 Å². The van der Waals surface area contributed by atoms with Crippen molar-refractivity contribution >= 4 is 34.1 Å². The Bertz CT molecular complexity index is 1130. The molecule has 0 spiro atoms. The van der Waals surface area contributed by atoms with Gasteiger partial charge >= 0.3 is 0 Å². The highest BCUT2D eigenvalue weighted by molar-refractivity contribution is 7.15. The van der Waals surface area contributed by atoms with Crippen LogP contribution in [0.4, 0.5) is 10.8 Å². The van der Waals surface area contributed by atoms with Crippen LogP contribution in [0.2, 0.25) is 0 Å². The summed E-state index contributed by atoms with van der Waals surface area (Å²) in [6, 6.07) is 11.0. The van der Waals surface area contributed by atoms with Crippen LogP contribution in [0.1, 0.15) is 24.1 Å². The zero-order valence-electron chi connectivity index (χ0n) is 15.3. The van der Waals surface area contributed by atoms with Gasteiger partial charge in [-0.1, -0.05) is 30.4 Å². The first-order valence-electron chi connectivity index (χ1n) is 8.60. The van der Waals surface area contributed by atoms with E-state index in [1.165, 1.54) is 29.5 Å². The zero-order chi connectivity index (χ0) is 20.8. The van der Waals surface area contributed by atoms with Gasteiger partial charge in [0, 0.05) is 30.2 Å². The molecule has 29 heavy (non-hydrogen) atoms. The van der Waals surface area contributed by atoms with Crippen LogP contribution in [-0.2, 0) is 11.2 Å². The van der Waals surface area contributed by atoms with Gasteiger partial charge in [-0.05, 0) is 18.6 Å². The molecule has 10 heteroatoms. The molecule has 3 aromatic rings. The second kappa shape index (κ2) is 8.90. The molecule has 146 valence electrons. The van der Waals surface area contributed by atoms with E-state index >= 15 is 0 Å². The van der Waals surface area contributed by atoms with E-state index in [1.807, 2.05) is 13.0 Å². The van der Waals surface area contributed by atoms with E-state index in [9.17, 15) is 20.2 Å². The molecule has 0 fully saturated rings. The summed E-state index contributed by atoms with van der Waals surface area (Å²) in [6.07, 6.45) is 2.98. The number of nitrogens with zero attached hydrogens (tertiary/aromatic N) is 4. The van der Waals surface area contributed by atoms with Gasteiger partial charge < -0.3 is 4.42 Å². The SMILES string of the molecule is CCCc1nnc(NC(=O)/C(C#N)=C\c2ccc(-c3cccc([N+](=O)[O-])c3)o2)s1. The normalized spacial score (nSPS) is 11.1. The standard InChI is InChI=1S/C19H15N5O4S/c1-2-4-17-22-23-19(29-17)21-18(25)13(11-20)10-15-7-8-16(28-15)12-5-3-6-14(9-12)24(26)27/h3,5-10H,2,4H2,1H3,(H,21,23,25)/b13-10-. The number of rotatable bonds is 7. The number of hydrogen-bond donors (Lipinski definition) is 1. The van der Waals surface area contributed by atoms with E-state index in [0.29, 0.717) is 16.5 Å². The highest BCUT2D eigenvalue weighted by Gasteiger charge is 2.15. The summed E-state index contributed by atoms with van der Waals surface area (Å²) in [5.41, 5.74) is 0.281. The van der Waals surface area contributed by atoms with Crippen molar-refractivity contribution in [2.24, 2.45) is 0 Å². The van der Waals surface area contributed by atoms with Gasteiger partial charge in [0.1, 0.15) is 28.2 Å². The maximum absolute atomic E-state index is 12.3. The Balaban J connectivity index is 1.77. The Hall–Kier alpha value is -3.84. The molecular formula is C19H15N5O4S. The van der Waals surface area contributed by atoms with E-state index in [-0.39, 0.29) is 17.0 Å². The quantitative estimate of drug-likeness (QED) is 0.267. The van der Waals surface area contributed by atoms with Gasteiger partial charge in [0.2, 0.25) is 5.13 Å². The van der Waals surface area contributed by atoms with Gasteiger partial charge in [-0.15, -0.1) is 10.2 Å². The summed E-state index contributed by atoms with van der Waals surface area (Å²) in [6.45, 7) is 2.02. The minimum Gasteiger partial charge on any atom is -0.457 e. The van der Waals surface area contributed by atoms with E-state index in [0.717, 1.165) is 17.8 Å². The highest BCUT2D eigenvalue weighted by atomic mass is 32.1. The molecule has 1 aromatic carbocycles. The summed E-state index contributed by atoms with van der Waals surface area (Å²) in [7, 11) is 0. The van der Waals surface area contributed by atoms with Crippen LogP contribution in [0.3, 0.4) is 0 Å². The second-order valence-corrected chi connectivity index (χ2v) is 6.95. The highest BCUT2D eigenvalue weighted by Crippen LogP contribution is 2.26. The van der Waals surface area contributed by atoms with Gasteiger partial charge in [-0.25, -0.2) is 0 Å². The number of anilines is 1. The molecule has 1 amide bonds. The Kier molecular flexibility index (Phi) is 6.11. The van der Waals surface area contributed by atoms with Crippen molar-refractivity contribution in [2.75, 3.05) is 5.32 Å². The van der Waals surface area contributed by atoms with Gasteiger partial charge in [-0.3, -0.25) is 20.2 Å². The molecule has 0 radical (unpaired) electrons. The number of hydrogen-bond acceptors (Lipinski definition) is 8. The van der Waals surface area contributed by atoms with Crippen molar-refractivity contribution in [3.63, 3.8) is 0 Å². The molecule has 2 aromatic heterocycles. The number of aromatic nitrogens is 2. The average molecular weight is 409 g/mol. The van der Waals surface area contributed by atoms with Gasteiger partial charge in [0.05, 0.1) is 4.92 Å². The predicted octanol–water partition coefficient (Wildman–Crippen LogP) is 4.20. The number of nitro benzene ring substituents is 1. The molecule has 0 unspecified atom stereocenters. The Morgan fingerprint density at radius 1 is 1.38 bits per heavy atom. The van der Waals surface area contributed by atoms with Gasteiger partial charge in [0.25, 0.3) is 11.6 Å². The first-order chi connectivity index (χ1) is 14.0. The van der Waals surface area contributed by atoms with Crippen molar-refractivity contribution in [2.45, 2.75) is 19.8 Å². The number of non-ortho nitro benzene ring substituents is 1. The fraction of sp³-hybridized carbons (Fsp3) is 0.158. The van der Waals surface area contributed by atoms with E-state index in [1.54, 1.807) is 24.3 Å². The van der Waals surface area contributed by atoms with Crippen molar-refractivity contribution in [1.29, 1.82) is 5.26 Å². The number of aryl methyl sites for hydroxylation is 1. The molecule has 0 saturated carbocycles. The third kappa shape index (κ3) is 4.91. The predicted molar refractivity (Wildman–Crippen MR) is 107 cm³/mol. The Labute approximate surface area is 169 Å². The number of furan rings is 1. The third-order valence-electron chi connectivity index (χ3n) is 3.77. The van der Waals surface area contributed by atoms with Crippen LogP contribution in [0.5, 0.6) is 0 Å². The number of carbonyl (C=O) groups is 1. The lowest BCUT2D eigenvalue weighted by atomic mass is 10.1. The molecule has 0 bridgehead atoms. The smallest absolute Gasteiger partial charge is 0.270 e. The van der Waals surface area contributed by atoms with Crippen LogP contribution in [-0.4, -0.2) is 21.0 Å². The van der Waals surface area contributed by atoms with Crippen molar-refractivity contribution in [3.8, 4) is 17.4 Å². The van der Waals surface area contributed by atoms with Gasteiger partial charge in [-0.2, -0.15) is 5.26 Å². The summed E-state index contributed by atoms with van der Waals surface area (Å²) in [5, 5.41) is 31.8. The number of nitriles is 1. The summed E-state index contributed by atoms with van der Waals surface area (Å²) in [4.78, 5) is 22.7. The van der Waals surface area contributed by atoms with Crippen LogP contribution in [0.15, 0.2) is 46.4 Å². The topological polar surface area (TPSA) is 135 Å². The van der Waals surface area contributed by atoms with Crippen LogP contribution >= 0.6 is 11.3 Å². The number of amides is 1. The lowest BCUT2D eigenvalue weighted by Crippen LogP contribution is -2.13. The summed E-state index contributed by atoms with van der Waals surface area (Å²) >= 11 is 1.26. The molecule has 0 aliphatic carbocycles. The largest absolute Gasteiger partial charge is 0.457 e. The number of benzene rings is 1. The van der Waals surface area contributed by atoms with Crippen molar-refractivity contribution < 1.29 is 14.1 Å². The molecular weight excluding hydrogens is 394 g/mol.